The molecule has 0 saturated heterocycles. The van der Waals surface area contributed by atoms with Gasteiger partial charge in [-0.2, -0.15) is 0 Å². The third kappa shape index (κ3) is 12.2. The van der Waals surface area contributed by atoms with E-state index in [9.17, 15) is 5.11 Å². The maximum absolute atomic E-state index is 9.76. The minimum absolute atomic E-state index is 0.562. The summed E-state index contributed by atoms with van der Waals surface area (Å²) in [6.45, 7) is 4.10. The van der Waals surface area contributed by atoms with E-state index >= 15 is 0 Å². The summed E-state index contributed by atoms with van der Waals surface area (Å²) < 4.78 is 11.0. The fraction of sp³-hybridized carbons (Fsp3) is 0.700. The number of aliphatic hydroxyl groups excluding tert-OH is 1. The van der Waals surface area contributed by atoms with Crippen LogP contribution in [0, 0.1) is 0 Å². The highest BCUT2D eigenvalue weighted by atomic mass is 16.6. The van der Waals surface area contributed by atoms with Crippen molar-refractivity contribution in [1.29, 1.82) is 0 Å². The summed E-state index contributed by atoms with van der Waals surface area (Å²) in [5.41, 5.74) is 1.19. The largest absolute Gasteiger partial charge is 0.377 e. The van der Waals surface area contributed by atoms with E-state index in [1.807, 2.05) is 18.2 Å². The lowest BCUT2D eigenvalue weighted by Gasteiger charge is -2.12. The second-order valence-electron chi connectivity index (χ2n) is 6.13. The molecule has 0 saturated carbocycles. The van der Waals surface area contributed by atoms with Gasteiger partial charge < -0.3 is 14.6 Å². The van der Waals surface area contributed by atoms with Gasteiger partial charge in [0.1, 0.15) is 0 Å². The zero-order valence-corrected chi connectivity index (χ0v) is 14.7. The maximum Gasteiger partial charge on any atom is 0.154 e. The predicted molar refractivity (Wildman–Crippen MR) is 95.3 cm³/mol. The van der Waals surface area contributed by atoms with Crippen LogP contribution in [0.2, 0.25) is 0 Å². The van der Waals surface area contributed by atoms with Gasteiger partial charge in [-0.1, -0.05) is 75.8 Å². The molecule has 0 aliphatic carbocycles. The Morgan fingerprint density at radius 2 is 1.57 bits per heavy atom. The molecule has 0 spiro atoms. The van der Waals surface area contributed by atoms with Crippen LogP contribution in [-0.4, -0.2) is 24.6 Å². The molecule has 0 bridgehead atoms. The van der Waals surface area contributed by atoms with Gasteiger partial charge in [-0.3, -0.25) is 0 Å². The third-order valence-electron chi connectivity index (χ3n) is 3.91. The van der Waals surface area contributed by atoms with Crippen LogP contribution in [0.5, 0.6) is 0 Å². The lowest BCUT2D eigenvalue weighted by Crippen LogP contribution is -2.13. The molecule has 132 valence electrons. The van der Waals surface area contributed by atoms with Gasteiger partial charge >= 0.3 is 0 Å². The van der Waals surface area contributed by atoms with E-state index in [1.165, 1.54) is 44.1 Å². The van der Waals surface area contributed by atoms with E-state index < -0.39 is 6.29 Å². The summed E-state index contributed by atoms with van der Waals surface area (Å²) >= 11 is 0. The van der Waals surface area contributed by atoms with E-state index in [-0.39, 0.29) is 0 Å². The van der Waals surface area contributed by atoms with Crippen LogP contribution in [0.15, 0.2) is 30.3 Å². The molecule has 3 nitrogen and oxygen atoms in total. The molecule has 1 rings (SSSR count). The first-order valence-corrected chi connectivity index (χ1v) is 9.24. The predicted octanol–water partition coefficient (Wildman–Crippen LogP) is 5.07. The van der Waals surface area contributed by atoms with E-state index in [4.69, 9.17) is 9.47 Å². The SMILES string of the molecule is CCCCCCCCCC(O)OCCCOCc1ccccc1. The number of benzene rings is 1. The summed E-state index contributed by atoms with van der Waals surface area (Å²) in [5, 5.41) is 9.76. The number of rotatable bonds is 15. The Morgan fingerprint density at radius 1 is 0.870 bits per heavy atom. The van der Waals surface area contributed by atoms with E-state index in [1.54, 1.807) is 0 Å². The highest BCUT2D eigenvalue weighted by Crippen LogP contribution is 2.10. The van der Waals surface area contributed by atoms with E-state index in [0.29, 0.717) is 19.8 Å². The first-order chi connectivity index (χ1) is 11.3. The van der Waals surface area contributed by atoms with Crippen LogP contribution < -0.4 is 0 Å². The van der Waals surface area contributed by atoms with Crippen LogP contribution >= 0.6 is 0 Å². The van der Waals surface area contributed by atoms with Gasteiger partial charge in [-0.25, -0.2) is 0 Å². The normalized spacial score (nSPS) is 12.4. The standard InChI is InChI=1S/C20H34O3/c1-2-3-4-5-6-7-11-15-20(21)23-17-12-16-22-18-19-13-9-8-10-14-19/h8-10,13-14,20-21H,2-7,11-12,15-18H2,1H3. The van der Waals surface area contributed by atoms with Crippen molar-refractivity contribution in [2.75, 3.05) is 13.2 Å². The molecule has 0 heterocycles. The topological polar surface area (TPSA) is 38.7 Å². The Bertz CT molecular complexity index is 353. The van der Waals surface area contributed by atoms with Gasteiger partial charge in [0.05, 0.1) is 13.2 Å². The maximum atomic E-state index is 9.76. The molecule has 1 aromatic rings. The second-order valence-corrected chi connectivity index (χ2v) is 6.13. The lowest BCUT2D eigenvalue weighted by molar-refractivity contribution is -0.108. The van der Waals surface area contributed by atoms with Gasteiger partial charge in [0.2, 0.25) is 0 Å². The Balaban J connectivity index is 1.83. The van der Waals surface area contributed by atoms with Crippen molar-refractivity contribution in [3.8, 4) is 0 Å². The van der Waals surface area contributed by atoms with Gasteiger partial charge in [0.15, 0.2) is 6.29 Å². The average molecular weight is 322 g/mol. The smallest absolute Gasteiger partial charge is 0.154 e. The van der Waals surface area contributed by atoms with Crippen molar-refractivity contribution in [2.45, 2.75) is 77.6 Å². The van der Waals surface area contributed by atoms with Crippen molar-refractivity contribution >= 4 is 0 Å². The Hall–Kier alpha value is -0.900. The summed E-state index contributed by atoms with van der Waals surface area (Å²) in [6, 6.07) is 10.2. The van der Waals surface area contributed by atoms with Crippen LogP contribution in [-0.2, 0) is 16.1 Å². The van der Waals surface area contributed by atoms with Gasteiger partial charge in [-0.15, -0.1) is 0 Å². The molecule has 0 fully saturated rings. The van der Waals surface area contributed by atoms with Crippen molar-refractivity contribution in [1.82, 2.24) is 0 Å². The average Bonchev–Trinajstić information content (AvgIpc) is 2.58. The zero-order valence-electron chi connectivity index (χ0n) is 14.7. The molecule has 0 aliphatic rings. The Labute approximate surface area is 142 Å². The summed E-state index contributed by atoms with van der Waals surface area (Å²) in [4.78, 5) is 0. The molecule has 1 atom stereocenters. The van der Waals surface area contributed by atoms with Crippen LogP contribution in [0.1, 0.15) is 70.3 Å². The second kappa shape index (κ2) is 14.7. The van der Waals surface area contributed by atoms with Crippen molar-refractivity contribution in [3.05, 3.63) is 35.9 Å². The highest BCUT2D eigenvalue weighted by molar-refractivity contribution is 5.13. The first-order valence-electron chi connectivity index (χ1n) is 9.24. The van der Waals surface area contributed by atoms with E-state index in [0.717, 1.165) is 19.3 Å². The van der Waals surface area contributed by atoms with Crippen LogP contribution in [0.3, 0.4) is 0 Å². The molecular weight excluding hydrogens is 288 g/mol. The summed E-state index contributed by atoms with van der Waals surface area (Å²) in [6.07, 6.45) is 9.79. The van der Waals surface area contributed by atoms with Crippen molar-refractivity contribution in [3.63, 3.8) is 0 Å². The summed E-state index contributed by atoms with van der Waals surface area (Å²) in [7, 11) is 0. The molecule has 0 aliphatic heterocycles. The number of ether oxygens (including phenoxy) is 2. The minimum Gasteiger partial charge on any atom is -0.377 e. The summed E-state index contributed by atoms with van der Waals surface area (Å²) in [5.74, 6) is 0. The molecular formula is C20H34O3. The monoisotopic (exact) mass is 322 g/mol. The third-order valence-corrected chi connectivity index (χ3v) is 3.91. The quantitative estimate of drug-likeness (QED) is 0.362. The molecule has 23 heavy (non-hydrogen) atoms. The van der Waals surface area contributed by atoms with Crippen LogP contribution in [0.4, 0.5) is 0 Å². The van der Waals surface area contributed by atoms with E-state index in [2.05, 4.69) is 19.1 Å². The fourth-order valence-electron chi connectivity index (χ4n) is 2.50. The van der Waals surface area contributed by atoms with Crippen LogP contribution in [0.25, 0.3) is 0 Å². The van der Waals surface area contributed by atoms with Crippen molar-refractivity contribution in [2.24, 2.45) is 0 Å². The Kier molecular flexibility index (Phi) is 12.9. The fourth-order valence-corrected chi connectivity index (χ4v) is 2.50. The molecule has 3 heteroatoms. The molecule has 0 radical (unpaired) electrons. The number of aliphatic hydroxyl groups is 1. The number of unbranched alkanes of at least 4 members (excludes halogenated alkanes) is 6. The first kappa shape index (κ1) is 20.1. The Morgan fingerprint density at radius 3 is 2.30 bits per heavy atom. The lowest BCUT2D eigenvalue weighted by atomic mass is 10.1. The molecule has 0 aromatic heterocycles. The molecule has 0 amide bonds. The van der Waals surface area contributed by atoms with Gasteiger partial charge in [-0.05, 0) is 24.8 Å². The number of hydrogen-bond donors (Lipinski definition) is 1. The molecule has 1 N–H and O–H groups in total. The zero-order chi connectivity index (χ0) is 16.6. The highest BCUT2D eigenvalue weighted by Gasteiger charge is 2.03. The number of hydrogen-bond acceptors (Lipinski definition) is 3. The van der Waals surface area contributed by atoms with Crippen molar-refractivity contribution < 1.29 is 14.6 Å². The van der Waals surface area contributed by atoms with Gasteiger partial charge in [0.25, 0.3) is 0 Å². The van der Waals surface area contributed by atoms with Gasteiger partial charge in [0, 0.05) is 6.61 Å². The minimum atomic E-state index is -0.611. The molecule has 1 aromatic carbocycles. The molecule has 1 unspecified atom stereocenters.